The van der Waals surface area contributed by atoms with Gasteiger partial charge >= 0.3 is 5.97 Å². The molecule has 23 heavy (non-hydrogen) atoms. The number of aromatic nitrogens is 2. The van der Waals surface area contributed by atoms with Gasteiger partial charge in [0.1, 0.15) is 5.82 Å². The maximum Gasteiger partial charge on any atom is 0.360 e. The van der Waals surface area contributed by atoms with Crippen LogP contribution in [0.25, 0.3) is 0 Å². The van der Waals surface area contributed by atoms with Gasteiger partial charge in [-0.2, -0.15) is 0 Å². The van der Waals surface area contributed by atoms with Gasteiger partial charge in [-0.25, -0.2) is 19.2 Å². The minimum Gasteiger partial charge on any atom is -0.464 e. The van der Waals surface area contributed by atoms with E-state index in [2.05, 4.69) is 25.3 Å². The second-order valence-corrected chi connectivity index (χ2v) is 4.66. The smallest absolute Gasteiger partial charge is 0.360 e. The molecule has 0 aliphatic heterocycles. The molecule has 1 aromatic heterocycles. The Hall–Kier alpha value is -3.03. The van der Waals surface area contributed by atoms with Gasteiger partial charge < -0.3 is 15.4 Å². The Balaban J connectivity index is 2.39. The van der Waals surface area contributed by atoms with Gasteiger partial charge in [-0.1, -0.05) is 6.07 Å². The summed E-state index contributed by atoms with van der Waals surface area (Å²) >= 11 is 0. The van der Waals surface area contributed by atoms with Crippen LogP contribution in [-0.4, -0.2) is 29.5 Å². The minimum atomic E-state index is -0.706. The number of carbonyl (C=O) groups excluding carboxylic acids is 2. The number of aryl methyl sites for hydroxylation is 1. The number of amides is 1. The lowest BCUT2D eigenvalue weighted by molar-refractivity contribution is -0.109. The van der Waals surface area contributed by atoms with Crippen molar-refractivity contribution in [3.05, 3.63) is 47.2 Å². The summed E-state index contributed by atoms with van der Waals surface area (Å²) in [6, 6.07) is 4.60. The van der Waals surface area contributed by atoms with Crippen LogP contribution in [0.3, 0.4) is 0 Å². The summed E-state index contributed by atoms with van der Waals surface area (Å²) in [5.41, 5.74) is 1.23. The molecule has 2 N–H and O–H groups in total. The van der Waals surface area contributed by atoms with E-state index in [0.717, 1.165) is 5.56 Å². The molecule has 0 bridgehead atoms. The molecule has 2 rings (SSSR count). The molecular weight excluding hydrogens is 303 g/mol. The molecule has 0 atom stereocenters. The summed E-state index contributed by atoms with van der Waals surface area (Å²) < 4.78 is 18.6. The SMILES string of the molecule is COC(=O)c1ncc(CNC=O)nc1Nc1ccc(C)cc1F. The average Bonchev–Trinajstić information content (AvgIpc) is 2.55. The quantitative estimate of drug-likeness (QED) is 0.622. The third kappa shape index (κ3) is 4.00. The van der Waals surface area contributed by atoms with Crippen LogP contribution in [0.2, 0.25) is 0 Å². The second kappa shape index (κ2) is 7.30. The number of benzene rings is 1. The average molecular weight is 318 g/mol. The molecule has 1 aromatic carbocycles. The number of anilines is 2. The zero-order valence-corrected chi connectivity index (χ0v) is 12.6. The van der Waals surface area contributed by atoms with Gasteiger partial charge in [-0.3, -0.25) is 4.79 Å². The molecule has 0 saturated carbocycles. The summed E-state index contributed by atoms with van der Waals surface area (Å²) in [5, 5.41) is 5.17. The molecule has 0 aliphatic carbocycles. The van der Waals surface area contributed by atoms with E-state index in [-0.39, 0.29) is 23.7 Å². The fourth-order valence-electron chi connectivity index (χ4n) is 1.84. The van der Waals surface area contributed by atoms with Gasteiger partial charge in [0, 0.05) is 0 Å². The highest BCUT2D eigenvalue weighted by Gasteiger charge is 2.17. The van der Waals surface area contributed by atoms with Gasteiger partial charge in [-0.05, 0) is 24.6 Å². The van der Waals surface area contributed by atoms with Crippen LogP contribution in [0.1, 0.15) is 21.7 Å². The van der Waals surface area contributed by atoms with Crippen LogP contribution in [0.5, 0.6) is 0 Å². The van der Waals surface area contributed by atoms with E-state index < -0.39 is 11.8 Å². The van der Waals surface area contributed by atoms with Crippen molar-refractivity contribution in [2.24, 2.45) is 0 Å². The molecule has 1 heterocycles. The zero-order chi connectivity index (χ0) is 16.8. The number of ether oxygens (including phenoxy) is 1. The minimum absolute atomic E-state index is 0.0461. The molecule has 0 radical (unpaired) electrons. The Kier molecular flexibility index (Phi) is 5.19. The van der Waals surface area contributed by atoms with E-state index in [9.17, 15) is 14.0 Å². The van der Waals surface area contributed by atoms with Gasteiger partial charge in [0.2, 0.25) is 6.41 Å². The standard InChI is InChI=1S/C15H15FN4O3/c1-9-3-4-12(11(16)5-9)20-14-13(15(22)23-2)18-7-10(19-14)6-17-8-21/h3-5,7-8H,6H2,1-2H3,(H,17,21)(H,19,20). The van der Waals surface area contributed by atoms with Crippen molar-refractivity contribution in [3.63, 3.8) is 0 Å². The number of carbonyl (C=O) groups is 2. The fraction of sp³-hybridized carbons (Fsp3) is 0.200. The lowest BCUT2D eigenvalue weighted by atomic mass is 10.2. The number of hydrogen-bond acceptors (Lipinski definition) is 6. The molecule has 1 amide bonds. The highest BCUT2D eigenvalue weighted by molar-refractivity contribution is 5.93. The van der Waals surface area contributed by atoms with E-state index in [1.165, 1.54) is 25.4 Å². The van der Waals surface area contributed by atoms with Crippen LogP contribution in [0.4, 0.5) is 15.9 Å². The van der Waals surface area contributed by atoms with Crippen molar-refractivity contribution < 1.29 is 18.7 Å². The highest BCUT2D eigenvalue weighted by Crippen LogP contribution is 2.22. The first-order valence-electron chi connectivity index (χ1n) is 6.69. The van der Waals surface area contributed by atoms with Crippen molar-refractivity contribution in [2.75, 3.05) is 12.4 Å². The molecule has 0 aliphatic rings. The monoisotopic (exact) mass is 318 g/mol. The van der Waals surface area contributed by atoms with Crippen LogP contribution >= 0.6 is 0 Å². The first-order valence-corrected chi connectivity index (χ1v) is 6.69. The summed E-state index contributed by atoms with van der Waals surface area (Å²) in [5.74, 6) is -1.15. The number of methoxy groups -OCH3 is 1. The van der Waals surface area contributed by atoms with Crippen molar-refractivity contribution in [3.8, 4) is 0 Å². The molecule has 8 heteroatoms. The van der Waals surface area contributed by atoms with E-state index in [1.807, 2.05) is 0 Å². The summed E-state index contributed by atoms with van der Waals surface area (Å²) in [7, 11) is 1.21. The molecule has 0 fully saturated rings. The Morgan fingerprint density at radius 2 is 2.22 bits per heavy atom. The Morgan fingerprint density at radius 1 is 1.43 bits per heavy atom. The molecule has 120 valence electrons. The van der Waals surface area contributed by atoms with Crippen LogP contribution in [0.15, 0.2) is 24.4 Å². The van der Waals surface area contributed by atoms with Crippen LogP contribution in [0, 0.1) is 12.7 Å². The predicted octanol–water partition coefficient (Wildman–Crippen LogP) is 1.70. The molecule has 0 unspecified atom stereocenters. The summed E-state index contributed by atoms with van der Waals surface area (Å²) in [4.78, 5) is 30.3. The molecule has 2 aromatic rings. The lowest BCUT2D eigenvalue weighted by Crippen LogP contribution is -2.15. The van der Waals surface area contributed by atoms with E-state index >= 15 is 0 Å². The number of esters is 1. The molecular formula is C15H15FN4O3. The number of hydrogen-bond donors (Lipinski definition) is 2. The van der Waals surface area contributed by atoms with Gasteiger partial charge in [0.15, 0.2) is 11.5 Å². The number of nitrogens with one attached hydrogen (secondary N) is 2. The fourth-order valence-corrected chi connectivity index (χ4v) is 1.84. The van der Waals surface area contributed by atoms with Crippen molar-refractivity contribution in [1.82, 2.24) is 15.3 Å². The second-order valence-electron chi connectivity index (χ2n) is 4.66. The first kappa shape index (κ1) is 16.3. The van der Waals surface area contributed by atoms with Gasteiger partial charge in [0.25, 0.3) is 0 Å². The maximum atomic E-state index is 14.0. The first-order chi connectivity index (χ1) is 11.0. The Morgan fingerprint density at radius 3 is 2.87 bits per heavy atom. The van der Waals surface area contributed by atoms with Crippen molar-refractivity contribution >= 4 is 23.9 Å². The van der Waals surface area contributed by atoms with E-state index in [0.29, 0.717) is 12.1 Å². The third-order valence-corrected chi connectivity index (χ3v) is 2.95. The van der Waals surface area contributed by atoms with Gasteiger partial charge in [0.05, 0.1) is 31.2 Å². The van der Waals surface area contributed by atoms with Crippen molar-refractivity contribution in [2.45, 2.75) is 13.5 Å². The largest absolute Gasteiger partial charge is 0.464 e. The Labute approximate surface area is 131 Å². The lowest BCUT2D eigenvalue weighted by Gasteiger charge is -2.11. The highest BCUT2D eigenvalue weighted by atomic mass is 19.1. The van der Waals surface area contributed by atoms with Crippen molar-refractivity contribution in [1.29, 1.82) is 0 Å². The van der Waals surface area contributed by atoms with Gasteiger partial charge in [-0.15, -0.1) is 0 Å². The van der Waals surface area contributed by atoms with Crippen LogP contribution < -0.4 is 10.6 Å². The van der Waals surface area contributed by atoms with E-state index in [1.54, 1.807) is 13.0 Å². The normalized spacial score (nSPS) is 10.0. The zero-order valence-electron chi connectivity index (χ0n) is 12.6. The Bertz CT molecular complexity index is 737. The number of nitrogens with zero attached hydrogens (tertiary/aromatic N) is 2. The molecule has 7 nitrogen and oxygen atoms in total. The molecule has 0 saturated heterocycles. The maximum absolute atomic E-state index is 14.0. The summed E-state index contributed by atoms with van der Waals surface area (Å²) in [6.07, 6.45) is 1.85. The topological polar surface area (TPSA) is 93.2 Å². The van der Waals surface area contributed by atoms with E-state index in [4.69, 9.17) is 0 Å². The molecule has 0 spiro atoms. The summed E-state index contributed by atoms with van der Waals surface area (Å²) in [6.45, 7) is 1.89. The third-order valence-electron chi connectivity index (χ3n) is 2.95. The van der Waals surface area contributed by atoms with Crippen LogP contribution in [-0.2, 0) is 16.1 Å². The number of rotatable bonds is 6. The number of halogens is 1. The predicted molar refractivity (Wildman–Crippen MR) is 80.7 cm³/mol.